The molecule has 0 atom stereocenters. The van der Waals surface area contributed by atoms with E-state index in [1.807, 2.05) is 0 Å². The summed E-state index contributed by atoms with van der Waals surface area (Å²) in [7, 11) is 0. The summed E-state index contributed by atoms with van der Waals surface area (Å²) in [5, 5.41) is 5.40. The molecule has 1 aromatic carbocycles. The third-order valence-corrected chi connectivity index (χ3v) is 1.52. The third kappa shape index (κ3) is 5.69. The number of hydrogen-bond donors (Lipinski definition) is 1. The Labute approximate surface area is 77.1 Å². The van der Waals surface area contributed by atoms with Gasteiger partial charge in [-0.1, -0.05) is 0 Å². The molecule has 0 saturated carbocycles. The lowest BCUT2D eigenvalue weighted by Gasteiger charge is -1.85. The molecular formula is C7H5FINO. The SMILES string of the molecule is Fc1ccc(I)cc1.N=C=O. The van der Waals surface area contributed by atoms with Gasteiger partial charge in [0.1, 0.15) is 5.82 Å². The van der Waals surface area contributed by atoms with Crippen LogP contribution in [0.15, 0.2) is 24.3 Å². The minimum absolute atomic E-state index is 0.176. The van der Waals surface area contributed by atoms with Crippen LogP contribution >= 0.6 is 22.6 Å². The first-order chi connectivity index (χ1) is 5.20. The van der Waals surface area contributed by atoms with Crippen molar-refractivity contribution in [2.75, 3.05) is 0 Å². The summed E-state index contributed by atoms with van der Waals surface area (Å²) >= 11 is 2.13. The summed E-state index contributed by atoms with van der Waals surface area (Å²) in [6.45, 7) is 0. The highest BCUT2D eigenvalue weighted by Gasteiger charge is 1.84. The van der Waals surface area contributed by atoms with Crippen LogP contribution in [0.3, 0.4) is 0 Å². The van der Waals surface area contributed by atoms with Crippen LogP contribution in [0.4, 0.5) is 4.39 Å². The number of rotatable bonds is 0. The van der Waals surface area contributed by atoms with Crippen LogP contribution in [0, 0.1) is 14.8 Å². The molecule has 0 heterocycles. The van der Waals surface area contributed by atoms with Crippen molar-refractivity contribution in [3.8, 4) is 0 Å². The molecule has 0 spiro atoms. The maximum Gasteiger partial charge on any atom is 0.231 e. The zero-order valence-corrected chi connectivity index (χ0v) is 7.63. The molecule has 58 valence electrons. The highest BCUT2D eigenvalue weighted by Crippen LogP contribution is 2.04. The lowest BCUT2D eigenvalue weighted by molar-refractivity contribution is 0.563. The predicted octanol–water partition coefficient (Wildman–Crippen LogP) is 2.33. The molecule has 4 heteroatoms. The molecule has 0 fully saturated rings. The normalized spacial score (nSPS) is 7.45. The molecule has 0 aliphatic rings. The Balaban J connectivity index is 0.000000292. The monoisotopic (exact) mass is 265 g/mol. The lowest BCUT2D eigenvalue weighted by atomic mass is 10.4. The molecule has 0 radical (unpaired) electrons. The molecular weight excluding hydrogens is 260 g/mol. The van der Waals surface area contributed by atoms with E-state index in [4.69, 9.17) is 10.2 Å². The van der Waals surface area contributed by atoms with Crippen LogP contribution < -0.4 is 0 Å². The van der Waals surface area contributed by atoms with Crippen molar-refractivity contribution in [3.63, 3.8) is 0 Å². The van der Waals surface area contributed by atoms with Crippen molar-refractivity contribution in [1.29, 1.82) is 5.41 Å². The minimum Gasteiger partial charge on any atom is -0.222 e. The molecule has 0 saturated heterocycles. The molecule has 0 aromatic heterocycles. The fourth-order valence-corrected chi connectivity index (χ4v) is 0.789. The first kappa shape index (κ1) is 10.3. The van der Waals surface area contributed by atoms with Crippen molar-refractivity contribution in [3.05, 3.63) is 33.7 Å². The maximum absolute atomic E-state index is 12.1. The number of benzene rings is 1. The van der Waals surface area contributed by atoms with Gasteiger partial charge in [0.25, 0.3) is 0 Å². The molecule has 0 aliphatic heterocycles. The average Bonchev–Trinajstić information content (AvgIpc) is 1.97. The molecule has 0 unspecified atom stereocenters. The fraction of sp³-hybridized carbons (Fsp3) is 0. The second kappa shape index (κ2) is 6.00. The van der Waals surface area contributed by atoms with Crippen molar-refractivity contribution in [2.45, 2.75) is 0 Å². The average molecular weight is 265 g/mol. The van der Waals surface area contributed by atoms with E-state index >= 15 is 0 Å². The summed E-state index contributed by atoms with van der Waals surface area (Å²) in [6, 6.07) is 6.36. The van der Waals surface area contributed by atoms with Crippen LogP contribution in [-0.2, 0) is 4.79 Å². The van der Waals surface area contributed by atoms with E-state index in [0.717, 1.165) is 9.65 Å². The molecule has 11 heavy (non-hydrogen) atoms. The smallest absolute Gasteiger partial charge is 0.222 e. The molecule has 1 N–H and O–H groups in total. The van der Waals surface area contributed by atoms with Gasteiger partial charge in [0.05, 0.1) is 0 Å². The molecule has 1 aromatic rings. The highest BCUT2D eigenvalue weighted by molar-refractivity contribution is 14.1. The Hall–Kier alpha value is -0.740. The van der Waals surface area contributed by atoms with E-state index in [0.29, 0.717) is 0 Å². The van der Waals surface area contributed by atoms with Crippen LogP contribution in [0.2, 0.25) is 0 Å². The molecule has 2 nitrogen and oxygen atoms in total. The number of nitrogens with one attached hydrogen (secondary N) is 1. The summed E-state index contributed by atoms with van der Waals surface area (Å²) in [4.78, 5) is 8.35. The second-order valence-corrected chi connectivity index (χ2v) is 2.78. The van der Waals surface area contributed by atoms with Crippen LogP contribution in [0.25, 0.3) is 0 Å². The van der Waals surface area contributed by atoms with Gasteiger partial charge in [0, 0.05) is 3.57 Å². The Morgan fingerprint density at radius 3 is 2.00 bits per heavy atom. The van der Waals surface area contributed by atoms with E-state index in [9.17, 15) is 4.39 Å². The number of carbonyl (C=O) groups excluding carboxylic acids is 1. The van der Waals surface area contributed by atoms with Gasteiger partial charge in [-0.05, 0) is 46.9 Å². The predicted molar refractivity (Wildman–Crippen MR) is 47.5 cm³/mol. The zero-order valence-electron chi connectivity index (χ0n) is 5.47. The standard InChI is InChI=1S/C6H4FI.CHNO/c7-5-1-3-6(8)4-2-5;2-1-3/h1-4H;2H. The number of hydrogen-bond acceptors (Lipinski definition) is 2. The van der Waals surface area contributed by atoms with E-state index in [-0.39, 0.29) is 5.82 Å². The summed E-state index contributed by atoms with van der Waals surface area (Å²) < 4.78 is 13.1. The lowest BCUT2D eigenvalue weighted by Crippen LogP contribution is -1.70. The molecule has 0 aliphatic carbocycles. The van der Waals surface area contributed by atoms with Gasteiger partial charge in [0.2, 0.25) is 6.08 Å². The van der Waals surface area contributed by atoms with Crippen LogP contribution in [-0.4, -0.2) is 6.08 Å². The van der Waals surface area contributed by atoms with Crippen LogP contribution in [0.1, 0.15) is 0 Å². The minimum atomic E-state index is -0.176. The quantitative estimate of drug-likeness (QED) is 0.436. The Morgan fingerprint density at radius 1 is 1.36 bits per heavy atom. The first-order valence-electron chi connectivity index (χ1n) is 2.65. The molecule has 0 amide bonds. The first-order valence-corrected chi connectivity index (χ1v) is 3.73. The van der Waals surface area contributed by atoms with Gasteiger partial charge >= 0.3 is 0 Å². The summed E-state index contributed by atoms with van der Waals surface area (Å²) in [5.74, 6) is -0.176. The van der Waals surface area contributed by atoms with Crippen molar-refractivity contribution in [2.24, 2.45) is 0 Å². The largest absolute Gasteiger partial charge is 0.231 e. The number of halogens is 2. The van der Waals surface area contributed by atoms with Gasteiger partial charge in [-0.3, -0.25) is 0 Å². The molecule has 0 bridgehead atoms. The van der Waals surface area contributed by atoms with Gasteiger partial charge < -0.3 is 0 Å². The van der Waals surface area contributed by atoms with Gasteiger partial charge in [0.15, 0.2) is 0 Å². The Bertz CT molecular complexity index is 220. The second-order valence-electron chi connectivity index (χ2n) is 1.54. The zero-order chi connectivity index (χ0) is 8.69. The van der Waals surface area contributed by atoms with Crippen LogP contribution in [0.5, 0.6) is 0 Å². The topological polar surface area (TPSA) is 40.9 Å². The summed E-state index contributed by atoms with van der Waals surface area (Å²) in [6.07, 6.45) is 0.750. The maximum atomic E-state index is 12.1. The Morgan fingerprint density at radius 2 is 1.73 bits per heavy atom. The van der Waals surface area contributed by atoms with Crippen molar-refractivity contribution < 1.29 is 9.18 Å². The number of isocyanates is 1. The van der Waals surface area contributed by atoms with Gasteiger partial charge in [-0.15, -0.1) is 0 Å². The van der Waals surface area contributed by atoms with E-state index in [1.165, 1.54) is 12.1 Å². The van der Waals surface area contributed by atoms with Crippen molar-refractivity contribution >= 4 is 28.7 Å². The van der Waals surface area contributed by atoms with Crippen molar-refractivity contribution in [1.82, 2.24) is 0 Å². The van der Waals surface area contributed by atoms with E-state index < -0.39 is 0 Å². The van der Waals surface area contributed by atoms with Gasteiger partial charge in [-0.25, -0.2) is 14.6 Å². The third-order valence-electron chi connectivity index (χ3n) is 0.804. The Kier molecular flexibility index (Phi) is 5.60. The highest BCUT2D eigenvalue weighted by atomic mass is 127. The summed E-state index contributed by atoms with van der Waals surface area (Å²) in [5.41, 5.74) is 0. The van der Waals surface area contributed by atoms with E-state index in [1.54, 1.807) is 12.1 Å². The van der Waals surface area contributed by atoms with E-state index in [2.05, 4.69) is 22.6 Å². The van der Waals surface area contributed by atoms with Gasteiger partial charge in [-0.2, -0.15) is 0 Å². The molecule has 1 rings (SSSR count). The fourth-order valence-electron chi connectivity index (χ4n) is 0.430.